The molecule has 0 unspecified atom stereocenters. The summed E-state index contributed by atoms with van der Waals surface area (Å²) in [5.74, 6) is -1.58. The van der Waals surface area contributed by atoms with Crippen molar-refractivity contribution in [1.29, 1.82) is 0 Å². The first kappa shape index (κ1) is 19.9. The standard InChI is InChI=1S/C19H17Cl2NO4/c1-11-3-5-13(6-4-11)18(24)12(2)26-17(23)10-22-19(25)15-8-7-14(20)9-16(15)21/h3-9,12H,10H2,1-2H3,(H,22,25)/t12-/m1/s1. The van der Waals surface area contributed by atoms with Crippen LogP contribution in [0.1, 0.15) is 33.2 Å². The van der Waals surface area contributed by atoms with E-state index < -0.39 is 18.0 Å². The summed E-state index contributed by atoms with van der Waals surface area (Å²) in [6.45, 7) is 3.01. The van der Waals surface area contributed by atoms with Gasteiger partial charge in [-0.3, -0.25) is 14.4 Å². The van der Waals surface area contributed by atoms with Gasteiger partial charge in [0, 0.05) is 10.6 Å². The van der Waals surface area contributed by atoms with Crippen molar-refractivity contribution in [2.75, 3.05) is 6.54 Å². The molecule has 0 bridgehead atoms. The molecule has 0 aliphatic heterocycles. The number of nitrogens with one attached hydrogen (secondary N) is 1. The second-order valence-corrected chi connectivity index (χ2v) is 6.51. The molecule has 0 saturated carbocycles. The number of carbonyl (C=O) groups excluding carboxylic acids is 3. The van der Waals surface area contributed by atoms with E-state index >= 15 is 0 Å². The molecule has 7 heteroatoms. The van der Waals surface area contributed by atoms with Crippen molar-refractivity contribution in [3.05, 3.63) is 69.2 Å². The molecule has 1 amide bonds. The average Bonchev–Trinajstić information content (AvgIpc) is 2.59. The maximum Gasteiger partial charge on any atom is 0.326 e. The minimum Gasteiger partial charge on any atom is -0.453 e. The number of hydrogen-bond donors (Lipinski definition) is 1. The molecule has 0 aliphatic carbocycles. The first-order valence-corrected chi connectivity index (χ1v) is 8.57. The van der Waals surface area contributed by atoms with Crippen LogP contribution >= 0.6 is 23.2 Å². The molecule has 0 heterocycles. The summed E-state index contributed by atoms with van der Waals surface area (Å²) in [7, 11) is 0. The van der Waals surface area contributed by atoms with Crippen molar-refractivity contribution in [3.63, 3.8) is 0 Å². The Morgan fingerprint density at radius 3 is 2.35 bits per heavy atom. The van der Waals surface area contributed by atoms with Gasteiger partial charge in [-0.2, -0.15) is 0 Å². The van der Waals surface area contributed by atoms with Gasteiger partial charge in [0.25, 0.3) is 5.91 Å². The Hall–Kier alpha value is -2.37. The van der Waals surface area contributed by atoms with Crippen molar-refractivity contribution in [2.45, 2.75) is 20.0 Å². The highest BCUT2D eigenvalue weighted by atomic mass is 35.5. The summed E-state index contributed by atoms with van der Waals surface area (Å²) in [5, 5.41) is 2.97. The monoisotopic (exact) mass is 393 g/mol. The molecular formula is C19H17Cl2NO4. The minimum absolute atomic E-state index is 0.172. The molecule has 0 aromatic heterocycles. The van der Waals surface area contributed by atoms with Gasteiger partial charge >= 0.3 is 5.97 Å². The maximum atomic E-state index is 12.2. The number of ether oxygens (including phenoxy) is 1. The number of benzene rings is 2. The van der Waals surface area contributed by atoms with Gasteiger partial charge in [0.1, 0.15) is 6.54 Å². The van der Waals surface area contributed by atoms with Crippen LogP contribution in [0.15, 0.2) is 42.5 Å². The van der Waals surface area contributed by atoms with Crippen LogP contribution in [-0.2, 0) is 9.53 Å². The summed E-state index contributed by atoms with van der Waals surface area (Å²) >= 11 is 11.7. The van der Waals surface area contributed by atoms with Crippen LogP contribution in [0.25, 0.3) is 0 Å². The molecular weight excluding hydrogens is 377 g/mol. The topological polar surface area (TPSA) is 72.5 Å². The Morgan fingerprint density at radius 2 is 1.73 bits per heavy atom. The van der Waals surface area contributed by atoms with E-state index in [0.717, 1.165) is 5.56 Å². The Kier molecular flexibility index (Phi) is 6.77. The van der Waals surface area contributed by atoms with Crippen LogP contribution in [0.5, 0.6) is 0 Å². The molecule has 0 aliphatic rings. The SMILES string of the molecule is Cc1ccc(C(=O)[C@@H](C)OC(=O)CNC(=O)c2ccc(Cl)cc2Cl)cc1. The number of esters is 1. The third kappa shape index (κ3) is 5.31. The Labute approximate surface area is 161 Å². The second kappa shape index (κ2) is 8.83. The zero-order valence-corrected chi connectivity index (χ0v) is 15.7. The summed E-state index contributed by atoms with van der Waals surface area (Å²) in [4.78, 5) is 36.1. The molecule has 0 radical (unpaired) electrons. The fourth-order valence-electron chi connectivity index (χ4n) is 2.17. The Morgan fingerprint density at radius 1 is 1.08 bits per heavy atom. The van der Waals surface area contributed by atoms with Crippen LogP contribution in [0.3, 0.4) is 0 Å². The van der Waals surface area contributed by atoms with E-state index in [9.17, 15) is 14.4 Å². The van der Waals surface area contributed by atoms with Gasteiger partial charge < -0.3 is 10.1 Å². The minimum atomic E-state index is -0.957. The van der Waals surface area contributed by atoms with Gasteiger partial charge in [-0.1, -0.05) is 53.0 Å². The molecule has 1 N–H and O–H groups in total. The highest BCUT2D eigenvalue weighted by Gasteiger charge is 2.20. The molecule has 26 heavy (non-hydrogen) atoms. The molecule has 2 aromatic rings. The third-order valence-electron chi connectivity index (χ3n) is 3.58. The van der Waals surface area contributed by atoms with Gasteiger partial charge in [-0.15, -0.1) is 0 Å². The number of carbonyl (C=O) groups is 3. The normalized spacial score (nSPS) is 11.5. The number of hydrogen-bond acceptors (Lipinski definition) is 4. The highest BCUT2D eigenvalue weighted by Crippen LogP contribution is 2.20. The molecule has 0 fully saturated rings. The van der Waals surface area contributed by atoms with Crippen LogP contribution in [0.2, 0.25) is 10.0 Å². The smallest absolute Gasteiger partial charge is 0.326 e. The Balaban J connectivity index is 1.88. The van der Waals surface area contributed by atoms with E-state index in [2.05, 4.69) is 5.32 Å². The van der Waals surface area contributed by atoms with Crippen LogP contribution in [0, 0.1) is 6.92 Å². The van der Waals surface area contributed by atoms with Crippen molar-refractivity contribution in [1.82, 2.24) is 5.32 Å². The number of aryl methyl sites for hydroxylation is 1. The first-order valence-electron chi connectivity index (χ1n) is 7.81. The zero-order chi connectivity index (χ0) is 19.3. The number of rotatable bonds is 6. The molecule has 0 saturated heterocycles. The number of amides is 1. The number of Topliss-reactive ketones (excluding diaryl/α,β-unsaturated/α-hetero) is 1. The average molecular weight is 394 g/mol. The first-order chi connectivity index (χ1) is 12.3. The molecule has 136 valence electrons. The fraction of sp³-hybridized carbons (Fsp3) is 0.211. The molecule has 2 aromatic carbocycles. The van der Waals surface area contributed by atoms with E-state index in [1.165, 1.54) is 25.1 Å². The number of halogens is 2. The van der Waals surface area contributed by atoms with Gasteiger partial charge in [0.05, 0.1) is 10.6 Å². The molecule has 5 nitrogen and oxygen atoms in total. The van der Waals surface area contributed by atoms with Gasteiger partial charge in [0.15, 0.2) is 6.10 Å². The van der Waals surface area contributed by atoms with Crippen molar-refractivity contribution >= 4 is 40.9 Å². The Bertz CT molecular complexity index is 834. The summed E-state index contributed by atoms with van der Waals surface area (Å²) < 4.78 is 5.08. The van der Waals surface area contributed by atoms with Gasteiger partial charge in [-0.05, 0) is 32.0 Å². The summed E-state index contributed by atoms with van der Waals surface area (Å²) in [5.41, 5.74) is 1.66. The summed E-state index contributed by atoms with van der Waals surface area (Å²) in [6.07, 6.45) is -0.957. The number of ketones is 1. The van der Waals surface area contributed by atoms with Crippen LogP contribution < -0.4 is 5.32 Å². The van der Waals surface area contributed by atoms with E-state index in [-0.39, 0.29) is 22.9 Å². The van der Waals surface area contributed by atoms with Gasteiger partial charge in [0.2, 0.25) is 5.78 Å². The van der Waals surface area contributed by atoms with Crippen molar-refractivity contribution < 1.29 is 19.1 Å². The van der Waals surface area contributed by atoms with Crippen LogP contribution in [0.4, 0.5) is 0 Å². The fourth-order valence-corrected chi connectivity index (χ4v) is 2.66. The third-order valence-corrected chi connectivity index (χ3v) is 4.13. The van der Waals surface area contributed by atoms with Crippen molar-refractivity contribution in [2.24, 2.45) is 0 Å². The summed E-state index contributed by atoms with van der Waals surface area (Å²) in [6, 6.07) is 11.4. The highest BCUT2D eigenvalue weighted by molar-refractivity contribution is 6.36. The quantitative estimate of drug-likeness (QED) is 0.597. The molecule has 0 spiro atoms. The molecule has 2 rings (SSSR count). The second-order valence-electron chi connectivity index (χ2n) is 5.67. The van der Waals surface area contributed by atoms with E-state index in [1.54, 1.807) is 24.3 Å². The lowest BCUT2D eigenvalue weighted by molar-refractivity contribution is -0.145. The predicted molar refractivity (Wildman–Crippen MR) is 99.9 cm³/mol. The maximum absolute atomic E-state index is 12.2. The van der Waals surface area contributed by atoms with E-state index in [1.807, 2.05) is 6.92 Å². The lowest BCUT2D eigenvalue weighted by Crippen LogP contribution is -2.34. The predicted octanol–water partition coefficient (Wildman–Crippen LogP) is 3.85. The van der Waals surface area contributed by atoms with Crippen molar-refractivity contribution in [3.8, 4) is 0 Å². The lowest BCUT2D eigenvalue weighted by atomic mass is 10.1. The molecule has 1 atom stereocenters. The van der Waals surface area contributed by atoms with E-state index in [0.29, 0.717) is 10.6 Å². The largest absolute Gasteiger partial charge is 0.453 e. The van der Waals surface area contributed by atoms with Gasteiger partial charge in [-0.25, -0.2) is 0 Å². The zero-order valence-electron chi connectivity index (χ0n) is 14.2. The van der Waals surface area contributed by atoms with E-state index in [4.69, 9.17) is 27.9 Å². The van der Waals surface area contributed by atoms with Crippen LogP contribution in [-0.4, -0.2) is 30.3 Å². The lowest BCUT2D eigenvalue weighted by Gasteiger charge is -2.13.